The standard InChI is InChI=1S/C20H22N2O4/c1-4-10-25-18-8-6-14(11-19(18)24-5-2)20(23)22-15-7-9-17-16(12-15)21-13(3)26-17/h6-9,11-12H,4-5,10H2,1-3H3,(H,22,23). The van der Waals surface area contributed by atoms with Gasteiger partial charge >= 0.3 is 0 Å². The first-order chi connectivity index (χ1) is 12.6. The number of fused-ring (bicyclic) bond motifs is 1. The molecule has 6 nitrogen and oxygen atoms in total. The van der Waals surface area contributed by atoms with E-state index in [2.05, 4.69) is 10.3 Å². The second-order valence-electron chi connectivity index (χ2n) is 5.81. The van der Waals surface area contributed by atoms with Crippen molar-refractivity contribution in [3.05, 3.63) is 47.9 Å². The quantitative estimate of drug-likeness (QED) is 0.672. The number of rotatable bonds is 7. The molecular weight excluding hydrogens is 332 g/mol. The molecule has 0 saturated carbocycles. The van der Waals surface area contributed by atoms with Gasteiger partial charge in [0.1, 0.15) is 5.52 Å². The number of amides is 1. The van der Waals surface area contributed by atoms with Crippen molar-refractivity contribution in [1.29, 1.82) is 0 Å². The minimum atomic E-state index is -0.229. The van der Waals surface area contributed by atoms with Crippen LogP contribution in [0.1, 0.15) is 36.5 Å². The number of aromatic nitrogens is 1. The van der Waals surface area contributed by atoms with E-state index in [1.807, 2.05) is 13.8 Å². The third-order valence-corrected chi connectivity index (χ3v) is 3.72. The van der Waals surface area contributed by atoms with Crippen LogP contribution in [-0.4, -0.2) is 24.1 Å². The van der Waals surface area contributed by atoms with Crippen LogP contribution in [0.4, 0.5) is 5.69 Å². The average Bonchev–Trinajstić information content (AvgIpc) is 3.00. The number of aryl methyl sites for hydroxylation is 1. The van der Waals surface area contributed by atoms with Crippen LogP contribution in [-0.2, 0) is 0 Å². The van der Waals surface area contributed by atoms with Gasteiger partial charge in [0, 0.05) is 18.2 Å². The Morgan fingerprint density at radius 3 is 2.73 bits per heavy atom. The fourth-order valence-corrected chi connectivity index (χ4v) is 2.57. The number of nitrogens with one attached hydrogen (secondary N) is 1. The Hall–Kier alpha value is -3.02. The van der Waals surface area contributed by atoms with E-state index in [-0.39, 0.29) is 5.91 Å². The molecule has 0 bridgehead atoms. The molecule has 3 rings (SSSR count). The van der Waals surface area contributed by atoms with Crippen LogP contribution in [0.3, 0.4) is 0 Å². The first-order valence-corrected chi connectivity index (χ1v) is 8.69. The first kappa shape index (κ1) is 17.8. The number of hydrogen-bond donors (Lipinski definition) is 1. The summed E-state index contributed by atoms with van der Waals surface area (Å²) >= 11 is 0. The van der Waals surface area contributed by atoms with E-state index in [0.29, 0.717) is 53.0 Å². The summed E-state index contributed by atoms with van der Waals surface area (Å²) in [7, 11) is 0. The minimum absolute atomic E-state index is 0.229. The number of anilines is 1. The van der Waals surface area contributed by atoms with Crippen molar-refractivity contribution in [2.24, 2.45) is 0 Å². The summed E-state index contributed by atoms with van der Waals surface area (Å²) in [6.45, 7) is 6.81. The van der Waals surface area contributed by atoms with Crippen LogP contribution >= 0.6 is 0 Å². The van der Waals surface area contributed by atoms with Crippen molar-refractivity contribution in [3.63, 3.8) is 0 Å². The topological polar surface area (TPSA) is 73.6 Å². The molecular formula is C20H22N2O4. The number of ether oxygens (including phenoxy) is 2. The van der Waals surface area contributed by atoms with E-state index in [1.54, 1.807) is 43.3 Å². The zero-order valence-corrected chi connectivity index (χ0v) is 15.2. The molecule has 1 N–H and O–H groups in total. The molecule has 3 aromatic rings. The lowest BCUT2D eigenvalue weighted by Gasteiger charge is -2.13. The summed E-state index contributed by atoms with van der Waals surface area (Å²) in [5.41, 5.74) is 2.55. The van der Waals surface area contributed by atoms with E-state index < -0.39 is 0 Å². The van der Waals surface area contributed by atoms with E-state index in [1.165, 1.54) is 0 Å². The van der Waals surface area contributed by atoms with Crippen molar-refractivity contribution in [2.75, 3.05) is 18.5 Å². The van der Waals surface area contributed by atoms with Gasteiger partial charge in [-0.2, -0.15) is 0 Å². The largest absolute Gasteiger partial charge is 0.490 e. The lowest BCUT2D eigenvalue weighted by atomic mass is 10.1. The van der Waals surface area contributed by atoms with E-state index in [0.717, 1.165) is 6.42 Å². The highest BCUT2D eigenvalue weighted by Crippen LogP contribution is 2.29. The Kier molecular flexibility index (Phi) is 5.41. The zero-order valence-electron chi connectivity index (χ0n) is 15.2. The van der Waals surface area contributed by atoms with Gasteiger partial charge in [-0.3, -0.25) is 4.79 Å². The van der Waals surface area contributed by atoms with Crippen molar-refractivity contribution < 1.29 is 18.7 Å². The predicted molar refractivity (Wildman–Crippen MR) is 100 cm³/mol. The highest BCUT2D eigenvalue weighted by molar-refractivity contribution is 6.05. The van der Waals surface area contributed by atoms with Crippen LogP contribution in [0.25, 0.3) is 11.1 Å². The molecule has 6 heteroatoms. The van der Waals surface area contributed by atoms with Crippen LogP contribution in [0.2, 0.25) is 0 Å². The summed E-state index contributed by atoms with van der Waals surface area (Å²) in [4.78, 5) is 16.9. The molecule has 1 heterocycles. The maximum absolute atomic E-state index is 12.6. The number of nitrogens with zero attached hydrogens (tertiary/aromatic N) is 1. The van der Waals surface area contributed by atoms with Gasteiger partial charge in [-0.25, -0.2) is 4.98 Å². The van der Waals surface area contributed by atoms with Crippen LogP contribution < -0.4 is 14.8 Å². The van der Waals surface area contributed by atoms with Gasteiger partial charge in [0.2, 0.25) is 0 Å². The molecule has 0 aliphatic rings. The van der Waals surface area contributed by atoms with Crippen molar-refractivity contribution in [3.8, 4) is 11.5 Å². The van der Waals surface area contributed by atoms with Crippen LogP contribution in [0.5, 0.6) is 11.5 Å². The first-order valence-electron chi connectivity index (χ1n) is 8.69. The Morgan fingerprint density at radius 2 is 1.96 bits per heavy atom. The van der Waals surface area contributed by atoms with Gasteiger partial charge in [-0.15, -0.1) is 0 Å². The molecule has 0 saturated heterocycles. The number of carbonyl (C=O) groups excluding carboxylic acids is 1. The molecule has 26 heavy (non-hydrogen) atoms. The normalized spacial score (nSPS) is 10.7. The molecule has 136 valence electrons. The average molecular weight is 354 g/mol. The minimum Gasteiger partial charge on any atom is -0.490 e. The number of benzene rings is 2. The van der Waals surface area contributed by atoms with Crippen LogP contribution in [0, 0.1) is 6.92 Å². The smallest absolute Gasteiger partial charge is 0.255 e. The second kappa shape index (κ2) is 7.91. The van der Waals surface area contributed by atoms with Gasteiger partial charge in [0.15, 0.2) is 23.0 Å². The van der Waals surface area contributed by atoms with Gasteiger partial charge in [-0.05, 0) is 49.7 Å². The molecule has 0 fully saturated rings. The second-order valence-corrected chi connectivity index (χ2v) is 5.81. The molecule has 0 aliphatic carbocycles. The monoisotopic (exact) mass is 354 g/mol. The molecule has 0 unspecified atom stereocenters. The molecule has 0 spiro atoms. The fourth-order valence-electron chi connectivity index (χ4n) is 2.57. The zero-order chi connectivity index (χ0) is 18.5. The van der Waals surface area contributed by atoms with Crippen LogP contribution in [0.15, 0.2) is 40.8 Å². The summed E-state index contributed by atoms with van der Waals surface area (Å²) in [5, 5.41) is 2.87. The highest BCUT2D eigenvalue weighted by atomic mass is 16.5. The lowest BCUT2D eigenvalue weighted by Crippen LogP contribution is -2.12. The Morgan fingerprint density at radius 1 is 1.12 bits per heavy atom. The fraction of sp³-hybridized carbons (Fsp3) is 0.300. The van der Waals surface area contributed by atoms with Gasteiger partial charge in [-0.1, -0.05) is 6.92 Å². The van der Waals surface area contributed by atoms with Crippen molar-refractivity contribution in [1.82, 2.24) is 4.98 Å². The Bertz CT molecular complexity index is 917. The SMILES string of the molecule is CCCOc1ccc(C(=O)Nc2ccc3oc(C)nc3c2)cc1OCC. The predicted octanol–water partition coefficient (Wildman–Crippen LogP) is 4.58. The summed E-state index contributed by atoms with van der Waals surface area (Å²) in [6, 6.07) is 10.5. The van der Waals surface area contributed by atoms with Crippen molar-refractivity contribution >= 4 is 22.7 Å². The van der Waals surface area contributed by atoms with Crippen molar-refractivity contribution in [2.45, 2.75) is 27.2 Å². The van der Waals surface area contributed by atoms with Gasteiger partial charge < -0.3 is 19.2 Å². The molecule has 0 aliphatic heterocycles. The van der Waals surface area contributed by atoms with E-state index >= 15 is 0 Å². The highest BCUT2D eigenvalue weighted by Gasteiger charge is 2.13. The lowest BCUT2D eigenvalue weighted by molar-refractivity contribution is 0.102. The Labute approximate surface area is 152 Å². The number of oxazole rings is 1. The van der Waals surface area contributed by atoms with E-state index in [4.69, 9.17) is 13.9 Å². The maximum Gasteiger partial charge on any atom is 0.255 e. The molecule has 1 amide bonds. The summed E-state index contributed by atoms with van der Waals surface area (Å²) in [5.74, 6) is 1.57. The third kappa shape index (κ3) is 3.96. The van der Waals surface area contributed by atoms with E-state index in [9.17, 15) is 4.79 Å². The number of hydrogen-bond acceptors (Lipinski definition) is 5. The Balaban J connectivity index is 1.80. The molecule has 1 aromatic heterocycles. The molecule has 2 aromatic carbocycles. The molecule has 0 atom stereocenters. The third-order valence-electron chi connectivity index (χ3n) is 3.72. The van der Waals surface area contributed by atoms with Gasteiger partial charge in [0.05, 0.1) is 13.2 Å². The number of carbonyl (C=O) groups is 1. The van der Waals surface area contributed by atoms with Gasteiger partial charge in [0.25, 0.3) is 5.91 Å². The summed E-state index contributed by atoms with van der Waals surface area (Å²) < 4.78 is 16.7. The maximum atomic E-state index is 12.6. The molecule has 0 radical (unpaired) electrons. The summed E-state index contributed by atoms with van der Waals surface area (Å²) in [6.07, 6.45) is 0.901.